The first-order valence-electron chi connectivity index (χ1n) is 6.85. The molecular weight excluding hydrogens is 216 g/mol. The Morgan fingerprint density at radius 2 is 2.06 bits per heavy atom. The maximum Gasteiger partial charge on any atom is 0.234 e. The van der Waals surface area contributed by atoms with Gasteiger partial charge in [0.05, 0.1) is 13.2 Å². The topological polar surface area (TPSA) is 52.6 Å². The third kappa shape index (κ3) is 3.19. The van der Waals surface area contributed by atoms with Gasteiger partial charge in [-0.05, 0) is 31.7 Å². The fourth-order valence-corrected chi connectivity index (χ4v) is 3.11. The lowest BCUT2D eigenvalue weighted by Gasteiger charge is -2.25. The van der Waals surface area contributed by atoms with Gasteiger partial charge in [0.25, 0.3) is 0 Å². The minimum atomic E-state index is 0.129. The molecule has 1 aliphatic carbocycles. The van der Waals surface area contributed by atoms with E-state index in [0.29, 0.717) is 18.5 Å². The van der Waals surface area contributed by atoms with Crippen LogP contribution in [0.1, 0.15) is 39.0 Å². The predicted molar refractivity (Wildman–Crippen MR) is 66.6 cm³/mol. The zero-order valence-electron chi connectivity index (χ0n) is 10.7. The Morgan fingerprint density at radius 3 is 2.71 bits per heavy atom. The maximum atomic E-state index is 11.9. The molecule has 1 amide bonds. The van der Waals surface area contributed by atoms with Crippen molar-refractivity contribution in [3.8, 4) is 0 Å². The summed E-state index contributed by atoms with van der Waals surface area (Å²) in [4.78, 5) is 14.0. The van der Waals surface area contributed by atoms with Crippen molar-refractivity contribution >= 4 is 5.91 Å². The Morgan fingerprint density at radius 1 is 1.35 bits per heavy atom. The first kappa shape index (κ1) is 12.8. The quantitative estimate of drug-likeness (QED) is 0.762. The molecule has 1 saturated carbocycles. The van der Waals surface area contributed by atoms with Crippen molar-refractivity contribution in [3.05, 3.63) is 0 Å². The summed E-state index contributed by atoms with van der Waals surface area (Å²) >= 11 is 0. The van der Waals surface area contributed by atoms with E-state index in [2.05, 4.69) is 17.1 Å². The molecule has 1 heterocycles. The third-order valence-corrected chi connectivity index (χ3v) is 4.25. The van der Waals surface area contributed by atoms with Gasteiger partial charge in [0.1, 0.15) is 0 Å². The Labute approximate surface area is 103 Å². The molecular formula is C13H24N2O2. The number of aliphatic hydroxyl groups excluding tert-OH is 1. The number of amides is 1. The van der Waals surface area contributed by atoms with Gasteiger partial charge in [-0.15, -0.1) is 0 Å². The van der Waals surface area contributed by atoms with E-state index < -0.39 is 0 Å². The van der Waals surface area contributed by atoms with Gasteiger partial charge in [-0.1, -0.05) is 19.8 Å². The zero-order valence-corrected chi connectivity index (χ0v) is 10.7. The fourth-order valence-electron chi connectivity index (χ4n) is 3.11. The van der Waals surface area contributed by atoms with Crippen LogP contribution in [-0.2, 0) is 4.79 Å². The molecule has 0 aromatic carbocycles. The van der Waals surface area contributed by atoms with Crippen molar-refractivity contribution in [1.29, 1.82) is 0 Å². The lowest BCUT2D eigenvalue weighted by atomic mass is 10.0. The summed E-state index contributed by atoms with van der Waals surface area (Å²) in [5.41, 5.74) is 0. The van der Waals surface area contributed by atoms with Crippen LogP contribution in [0.25, 0.3) is 0 Å². The highest BCUT2D eigenvalue weighted by molar-refractivity contribution is 5.78. The van der Waals surface area contributed by atoms with E-state index in [1.807, 2.05) is 0 Å². The minimum absolute atomic E-state index is 0.129. The first-order valence-corrected chi connectivity index (χ1v) is 6.85. The van der Waals surface area contributed by atoms with Crippen LogP contribution in [0.15, 0.2) is 0 Å². The summed E-state index contributed by atoms with van der Waals surface area (Å²) in [5, 5.41) is 12.4. The van der Waals surface area contributed by atoms with Crippen molar-refractivity contribution in [2.24, 2.45) is 5.92 Å². The normalized spacial score (nSPS) is 30.9. The van der Waals surface area contributed by atoms with Gasteiger partial charge in [-0.3, -0.25) is 9.69 Å². The average Bonchev–Trinajstić information content (AvgIpc) is 2.89. The van der Waals surface area contributed by atoms with Crippen LogP contribution in [0.3, 0.4) is 0 Å². The number of nitrogens with zero attached hydrogens (tertiary/aromatic N) is 1. The monoisotopic (exact) mass is 240 g/mol. The summed E-state index contributed by atoms with van der Waals surface area (Å²) in [7, 11) is 0. The van der Waals surface area contributed by atoms with Crippen molar-refractivity contribution in [2.45, 2.75) is 51.1 Å². The van der Waals surface area contributed by atoms with Gasteiger partial charge in [0, 0.05) is 12.1 Å². The second-order valence-electron chi connectivity index (χ2n) is 5.54. The van der Waals surface area contributed by atoms with Gasteiger partial charge >= 0.3 is 0 Å². The molecule has 0 aromatic rings. The molecule has 1 saturated heterocycles. The number of hydrogen-bond donors (Lipinski definition) is 2. The van der Waals surface area contributed by atoms with E-state index in [0.717, 1.165) is 25.8 Å². The summed E-state index contributed by atoms with van der Waals surface area (Å²) in [6, 6.07) is 0.569. The molecule has 17 heavy (non-hydrogen) atoms. The third-order valence-electron chi connectivity index (χ3n) is 4.25. The maximum absolute atomic E-state index is 11.9. The number of likely N-dealkylation sites (tertiary alicyclic amines) is 1. The Balaban J connectivity index is 1.77. The molecule has 2 fully saturated rings. The van der Waals surface area contributed by atoms with Crippen LogP contribution < -0.4 is 5.32 Å². The van der Waals surface area contributed by atoms with Crippen LogP contribution in [0.2, 0.25) is 0 Å². The molecule has 98 valence electrons. The van der Waals surface area contributed by atoms with Crippen LogP contribution in [0.4, 0.5) is 0 Å². The van der Waals surface area contributed by atoms with E-state index in [-0.39, 0.29) is 18.6 Å². The molecule has 2 N–H and O–H groups in total. The summed E-state index contributed by atoms with van der Waals surface area (Å²) in [6.45, 7) is 3.70. The van der Waals surface area contributed by atoms with Gasteiger partial charge in [0.2, 0.25) is 5.91 Å². The van der Waals surface area contributed by atoms with E-state index >= 15 is 0 Å². The number of nitrogens with one attached hydrogen (secondary N) is 1. The number of rotatable bonds is 4. The SMILES string of the molecule is CC1CCN(CC(=O)NC2CCCC2)C1CO. The molecule has 4 nitrogen and oxygen atoms in total. The second-order valence-corrected chi connectivity index (χ2v) is 5.54. The van der Waals surface area contributed by atoms with Gasteiger partial charge < -0.3 is 10.4 Å². The average molecular weight is 240 g/mol. The van der Waals surface area contributed by atoms with Gasteiger partial charge in [0.15, 0.2) is 0 Å². The smallest absolute Gasteiger partial charge is 0.234 e. The molecule has 2 aliphatic rings. The van der Waals surface area contributed by atoms with Crippen molar-refractivity contribution in [2.75, 3.05) is 19.7 Å². The Bertz CT molecular complexity index is 264. The van der Waals surface area contributed by atoms with Crippen molar-refractivity contribution in [1.82, 2.24) is 10.2 Å². The van der Waals surface area contributed by atoms with E-state index in [9.17, 15) is 9.90 Å². The lowest BCUT2D eigenvalue weighted by molar-refractivity contribution is -0.123. The van der Waals surface area contributed by atoms with Crippen molar-refractivity contribution < 1.29 is 9.90 Å². The minimum Gasteiger partial charge on any atom is -0.395 e. The molecule has 2 unspecified atom stereocenters. The molecule has 1 aliphatic heterocycles. The molecule has 0 bridgehead atoms. The van der Waals surface area contributed by atoms with Crippen molar-refractivity contribution in [3.63, 3.8) is 0 Å². The highest BCUT2D eigenvalue weighted by atomic mass is 16.3. The number of carbonyl (C=O) groups is 1. The summed E-state index contributed by atoms with van der Waals surface area (Å²) < 4.78 is 0. The largest absolute Gasteiger partial charge is 0.395 e. The molecule has 0 aromatic heterocycles. The van der Waals surface area contributed by atoms with Crippen LogP contribution in [0, 0.1) is 5.92 Å². The van der Waals surface area contributed by atoms with Crippen LogP contribution in [0.5, 0.6) is 0 Å². The highest BCUT2D eigenvalue weighted by Gasteiger charge is 2.31. The molecule has 0 radical (unpaired) electrons. The lowest BCUT2D eigenvalue weighted by Crippen LogP contribution is -2.44. The van der Waals surface area contributed by atoms with E-state index in [4.69, 9.17) is 0 Å². The standard InChI is InChI=1S/C13H24N2O2/c1-10-6-7-15(12(10)9-16)8-13(17)14-11-4-2-3-5-11/h10-12,16H,2-9H2,1H3,(H,14,17). The van der Waals surface area contributed by atoms with E-state index in [1.165, 1.54) is 12.8 Å². The van der Waals surface area contributed by atoms with Crippen LogP contribution in [-0.4, -0.2) is 47.7 Å². The molecule has 2 atom stereocenters. The second kappa shape index (κ2) is 5.83. The predicted octanol–water partition coefficient (Wildman–Crippen LogP) is 0.748. The van der Waals surface area contributed by atoms with Gasteiger partial charge in [-0.25, -0.2) is 0 Å². The summed E-state index contributed by atoms with van der Waals surface area (Å²) in [6.07, 6.45) is 5.83. The Hall–Kier alpha value is -0.610. The molecule has 4 heteroatoms. The van der Waals surface area contributed by atoms with E-state index in [1.54, 1.807) is 0 Å². The molecule has 0 spiro atoms. The van der Waals surface area contributed by atoms with Gasteiger partial charge in [-0.2, -0.15) is 0 Å². The first-order chi connectivity index (χ1) is 8.20. The fraction of sp³-hybridized carbons (Fsp3) is 0.923. The van der Waals surface area contributed by atoms with Crippen LogP contribution >= 0.6 is 0 Å². The zero-order chi connectivity index (χ0) is 12.3. The summed E-state index contributed by atoms with van der Waals surface area (Å²) in [5.74, 6) is 0.628. The number of aliphatic hydroxyl groups is 1. The Kier molecular flexibility index (Phi) is 4.40. The highest BCUT2D eigenvalue weighted by Crippen LogP contribution is 2.23. The number of carbonyl (C=O) groups excluding carboxylic acids is 1. The molecule has 2 rings (SSSR count). The number of hydrogen-bond acceptors (Lipinski definition) is 3.